The Morgan fingerprint density at radius 2 is 2.06 bits per heavy atom. The average Bonchev–Trinajstić information content (AvgIpc) is 2.28. The van der Waals surface area contributed by atoms with Crippen molar-refractivity contribution >= 4 is 27.6 Å². The summed E-state index contributed by atoms with van der Waals surface area (Å²) in [6.45, 7) is 3.99. The average molecular weight is 286 g/mol. The number of ether oxygens (including phenoxy) is 1. The number of nitrogen functional groups attached to an aromatic ring is 1. The van der Waals surface area contributed by atoms with Crippen molar-refractivity contribution in [3.63, 3.8) is 0 Å². The summed E-state index contributed by atoms with van der Waals surface area (Å²) < 4.78 is 6.05. The summed E-state index contributed by atoms with van der Waals surface area (Å²) in [7, 11) is 0. The molecule has 0 spiro atoms. The van der Waals surface area contributed by atoms with Crippen molar-refractivity contribution in [3.05, 3.63) is 28.2 Å². The van der Waals surface area contributed by atoms with Gasteiger partial charge in [-0.2, -0.15) is 0 Å². The maximum absolute atomic E-state index is 11.8. The highest BCUT2D eigenvalue weighted by Gasteiger charge is 2.15. The highest BCUT2D eigenvalue weighted by Crippen LogP contribution is 2.21. The van der Waals surface area contributed by atoms with Crippen molar-refractivity contribution in [1.29, 1.82) is 0 Å². The Bertz CT molecular complexity index is 375. The van der Waals surface area contributed by atoms with Gasteiger partial charge >= 0.3 is 5.97 Å². The third-order valence-corrected chi connectivity index (χ3v) is 3.09. The molecule has 0 radical (unpaired) electrons. The molecular weight excluding hydrogens is 270 g/mol. The Kier molecular flexibility index (Phi) is 4.80. The Labute approximate surface area is 104 Å². The second-order valence-corrected chi connectivity index (χ2v) is 4.44. The second kappa shape index (κ2) is 5.89. The molecule has 0 aliphatic heterocycles. The van der Waals surface area contributed by atoms with Gasteiger partial charge in [0.05, 0.1) is 5.56 Å². The van der Waals surface area contributed by atoms with E-state index in [-0.39, 0.29) is 12.1 Å². The lowest BCUT2D eigenvalue weighted by molar-refractivity contribution is 0.0283. The first-order valence-corrected chi connectivity index (χ1v) is 6.13. The fourth-order valence-corrected chi connectivity index (χ4v) is 1.78. The Morgan fingerprint density at radius 1 is 1.44 bits per heavy atom. The van der Waals surface area contributed by atoms with Gasteiger partial charge in [-0.15, -0.1) is 0 Å². The number of anilines is 1. The first kappa shape index (κ1) is 13.0. The molecule has 1 rings (SSSR count). The zero-order valence-corrected chi connectivity index (χ0v) is 11.1. The third-order valence-electron chi connectivity index (χ3n) is 2.39. The molecule has 1 aromatic carbocycles. The first-order valence-electron chi connectivity index (χ1n) is 5.34. The van der Waals surface area contributed by atoms with Crippen molar-refractivity contribution in [2.24, 2.45) is 0 Å². The first-order chi connectivity index (χ1) is 7.58. The predicted molar refractivity (Wildman–Crippen MR) is 68.3 cm³/mol. The number of carbonyl (C=O) groups excluding carboxylic acids is 1. The molecule has 0 aliphatic rings. The highest BCUT2D eigenvalue weighted by atomic mass is 79.9. The molecule has 0 aromatic heterocycles. The number of rotatable bonds is 4. The van der Waals surface area contributed by atoms with Crippen LogP contribution in [0, 0.1) is 0 Å². The fourth-order valence-electron chi connectivity index (χ4n) is 1.37. The zero-order valence-electron chi connectivity index (χ0n) is 9.50. The van der Waals surface area contributed by atoms with E-state index in [1.807, 2.05) is 13.8 Å². The van der Waals surface area contributed by atoms with E-state index in [0.717, 1.165) is 12.8 Å². The van der Waals surface area contributed by atoms with Crippen LogP contribution in [-0.2, 0) is 4.74 Å². The molecule has 0 heterocycles. The molecule has 16 heavy (non-hydrogen) atoms. The van der Waals surface area contributed by atoms with Crippen LogP contribution >= 0.6 is 15.9 Å². The monoisotopic (exact) mass is 285 g/mol. The summed E-state index contributed by atoms with van der Waals surface area (Å²) >= 11 is 3.31. The van der Waals surface area contributed by atoms with Crippen molar-refractivity contribution in [2.75, 3.05) is 5.73 Å². The Balaban J connectivity index is 2.83. The fraction of sp³-hybridized carbons (Fsp3) is 0.417. The number of carbonyl (C=O) groups is 1. The minimum absolute atomic E-state index is 0.0270. The molecule has 3 nitrogen and oxygen atoms in total. The van der Waals surface area contributed by atoms with Gasteiger partial charge in [-0.3, -0.25) is 0 Å². The maximum atomic E-state index is 11.8. The number of benzene rings is 1. The van der Waals surface area contributed by atoms with Crippen molar-refractivity contribution in [3.8, 4) is 0 Å². The van der Waals surface area contributed by atoms with E-state index in [0.29, 0.717) is 15.7 Å². The van der Waals surface area contributed by atoms with Crippen LogP contribution in [0.2, 0.25) is 0 Å². The summed E-state index contributed by atoms with van der Waals surface area (Å²) in [5, 5.41) is 0. The van der Waals surface area contributed by atoms with Crippen molar-refractivity contribution in [1.82, 2.24) is 0 Å². The molecule has 0 aliphatic carbocycles. The van der Waals surface area contributed by atoms with E-state index < -0.39 is 0 Å². The molecule has 1 aromatic rings. The highest BCUT2D eigenvalue weighted by molar-refractivity contribution is 9.10. The van der Waals surface area contributed by atoms with Gasteiger partial charge < -0.3 is 10.5 Å². The summed E-state index contributed by atoms with van der Waals surface area (Å²) in [4.78, 5) is 11.8. The molecule has 0 fully saturated rings. The van der Waals surface area contributed by atoms with Crippen molar-refractivity contribution in [2.45, 2.75) is 32.8 Å². The predicted octanol–water partition coefficient (Wildman–Crippen LogP) is 3.38. The van der Waals surface area contributed by atoms with Crippen LogP contribution in [0.15, 0.2) is 22.7 Å². The molecule has 88 valence electrons. The summed E-state index contributed by atoms with van der Waals surface area (Å²) in [5.74, 6) is -0.326. The topological polar surface area (TPSA) is 52.3 Å². The molecule has 2 N–H and O–H groups in total. The summed E-state index contributed by atoms with van der Waals surface area (Å²) in [6.07, 6.45) is 1.62. The SMILES string of the molecule is CCC(CC)OC(=O)c1cc(N)ccc1Br. The third kappa shape index (κ3) is 3.23. The lowest BCUT2D eigenvalue weighted by Gasteiger charge is -2.14. The van der Waals surface area contributed by atoms with Crippen LogP contribution in [0.25, 0.3) is 0 Å². The molecule has 4 heteroatoms. The lowest BCUT2D eigenvalue weighted by atomic mass is 10.2. The van der Waals surface area contributed by atoms with Gasteiger partial charge in [0.25, 0.3) is 0 Å². The van der Waals surface area contributed by atoms with E-state index in [9.17, 15) is 4.79 Å². The van der Waals surface area contributed by atoms with Crippen LogP contribution in [0.4, 0.5) is 5.69 Å². The lowest BCUT2D eigenvalue weighted by Crippen LogP contribution is -2.17. The van der Waals surface area contributed by atoms with Crippen LogP contribution < -0.4 is 5.73 Å². The maximum Gasteiger partial charge on any atom is 0.339 e. The minimum atomic E-state index is -0.326. The van der Waals surface area contributed by atoms with E-state index >= 15 is 0 Å². The summed E-state index contributed by atoms with van der Waals surface area (Å²) in [6, 6.07) is 5.10. The van der Waals surface area contributed by atoms with E-state index in [1.54, 1.807) is 18.2 Å². The number of halogens is 1. The van der Waals surface area contributed by atoms with Gasteiger partial charge in [0.15, 0.2) is 0 Å². The molecule has 0 atom stereocenters. The Hall–Kier alpha value is -1.03. The van der Waals surface area contributed by atoms with Gasteiger partial charge in [-0.25, -0.2) is 4.79 Å². The van der Waals surface area contributed by atoms with Gasteiger partial charge in [-0.1, -0.05) is 13.8 Å². The Morgan fingerprint density at radius 3 is 2.62 bits per heavy atom. The molecule has 0 saturated heterocycles. The van der Waals surface area contributed by atoms with Gasteiger partial charge in [-0.05, 0) is 47.0 Å². The number of hydrogen-bond donors (Lipinski definition) is 1. The van der Waals surface area contributed by atoms with E-state index in [4.69, 9.17) is 10.5 Å². The molecule has 0 unspecified atom stereocenters. The molecular formula is C12H16BrNO2. The van der Waals surface area contributed by atoms with Gasteiger partial charge in [0.1, 0.15) is 6.10 Å². The van der Waals surface area contributed by atoms with Crippen LogP contribution in [-0.4, -0.2) is 12.1 Å². The number of esters is 1. The minimum Gasteiger partial charge on any atom is -0.459 e. The normalized spacial score (nSPS) is 10.5. The van der Waals surface area contributed by atoms with E-state index in [2.05, 4.69) is 15.9 Å². The molecule has 0 bridgehead atoms. The van der Waals surface area contributed by atoms with Crippen LogP contribution in [0.3, 0.4) is 0 Å². The second-order valence-electron chi connectivity index (χ2n) is 3.58. The molecule has 0 amide bonds. The molecule has 0 saturated carbocycles. The number of hydrogen-bond acceptors (Lipinski definition) is 3. The standard InChI is InChI=1S/C12H16BrNO2/c1-3-9(4-2)16-12(15)10-7-8(14)5-6-11(10)13/h5-7,9H,3-4,14H2,1-2H3. The van der Waals surface area contributed by atoms with Gasteiger partial charge in [0.2, 0.25) is 0 Å². The van der Waals surface area contributed by atoms with Crippen LogP contribution in [0.5, 0.6) is 0 Å². The smallest absolute Gasteiger partial charge is 0.339 e. The number of nitrogens with two attached hydrogens (primary N) is 1. The van der Waals surface area contributed by atoms with E-state index in [1.165, 1.54) is 0 Å². The van der Waals surface area contributed by atoms with Crippen LogP contribution in [0.1, 0.15) is 37.0 Å². The van der Waals surface area contributed by atoms with Crippen molar-refractivity contribution < 1.29 is 9.53 Å². The zero-order chi connectivity index (χ0) is 12.1. The summed E-state index contributed by atoms with van der Waals surface area (Å²) in [5.41, 5.74) is 6.67. The largest absolute Gasteiger partial charge is 0.459 e. The van der Waals surface area contributed by atoms with Gasteiger partial charge in [0, 0.05) is 10.2 Å². The quantitative estimate of drug-likeness (QED) is 0.682.